The number of urea groups is 1. The molecular formula is C27H29N5O2S. The van der Waals surface area contributed by atoms with E-state index in [0.29, 0.717) is 11.3 Å². The number of nitrogens with one attached hydrogen (secondary N) is 2. The Morgan fingerprint density at radius 2 is 2.11 bits per heavy atom. The molecule has 2 heterocycles. The van der Waals surface area contributed by atoms with Crippen LogP contribution in [0.15, 0.2) is 42.6 Å². The Labute approximate surface area is 209 Å². The highest BCUT2D eigenvalue weighted by molar-refractivity contribution is 7.18. The van der Waals surface area contributed by atoms with Crippen LogP contribution in [0.25, 0.3) is 21.0 Å². The molecule has 2 aromatic carbocycles. The van der Waals surface area contributed by atoms with E-state index >= 15 is 0 Å². The zero-order valence-electron chi connectivity index (χ0n) is 20.0. The van der Waals surface area contributed by atoms with Crippen LogP contribution in [0, 0.1) is 11.3 Å². The first-order chi connectivity index (χ1) is 17.0. The smallest absolute Gasteiger partial charge is 0.317 e. The molecule has 3 aromatic rings. The van der Waals surface area contributed by atoms with Gasteiger partial charge in [-0.2, -0.15) is 5.26 Å². The van der Waals surface area contributed by atoms with E-state index < -0.39 is 0 Å². The predicted octanol–water partition coefficient (Wildman–Crippen LogP) is 4.74. The Kier molecular flexibility index (Phi) is 6.71. The number of thiazole rings is 1. The minimum atomic E-state index is 0.00469. The molecule has 2 amide bonds. The number of hydrogen-bond acceptors (Lipinski definition) is 6. The van der Waals surface area contributed by atoms with Gasteiger partial charge in [-0.15, -0.1) is 11.3 Å². The van der Waals surface area contributed by atoms with Crippen LogP contribution in [-0.2, 0) is 6.42 Å². The van der Waals surface area contributed by atoms with E-state index in [9.17, 15) is 10.1 Å². The molecule has 8 heteroatoms. The second-order valence-electron chi connectivity index (χ2n) is 9.17. The summed E-state index contributed by atoms with van der Waals surface area (Å²) in [7, 11) is 0. The highest BCUT2D eigenvalue weighted by Gasteiger charge is 2.28. The van der Waals surface area contributed by atoms with Gasteiger partial charge in [0.1, 0.15) is 16.8 Å². The Morgan fingerprint density at radius 3 is 2.89 bits per heavy atom. The van der Waals surface area contributed by atoms with Gasteiger partial charge in [0.25, 0.3) is 0 Å². The van der Waals surface area contributed by atoms with Gasteiger partial charge < -0.3 is 20.3 Å². The van der Waals surface area contributed by atoms with E-state index in [-0.39, 0.29) is 18.2 Å². The van der Waals surface area contributed by atoms with Gasteiger partial charge in [0.05, 0.1) is 22.6 Å². The monoisotopic (exact) mass is 487 g/mol. The van der Waals surface area contributed by atoms with Crippen LogP contribution in [-0.4, -0.2) is 48.2 Å². The van der Waals surface area contributed by atoms with Gasteiger partial charge >= 0.3 is 6.03 Å². The maximum Gasteiger partial charge on any atom is 0.317 e. The molecular weight excluding hydrogens is 458 g/mol. The Balaban J connectivity index is 1.37. The molecule has 180 valence electrons. The van der Waals surface area contributed by atoms with Crippen LogP contribution in [0.1, 0.15) is 43.0 Å². The second-order valence-corrected chi connectivity index (χ2v) is 10.2. The second kappa shape index (κ2) is 10.1. The number of nitrogens with zero attached hydrogens (tertiary/aromatic N) is 3. The standard InChI is InChI=1S/C27H29N5O2S/c1-17(2)34-24-9-6-18(14-19(24)15-28)26-30-16-25(35-26)22-5-3-4-21-20(22)7-8-23(21)31-27(33)32-12-10-29-11-13-32/h3-6,9,14,16-17,23,29H,7-8,10-13H2,1-2H3,(H,31,33)/t23-/m1/s1. The highest BCUT2D eigenvalue weighted by atomic mass is 32.1. The van der Waals surface area contributed by atoms with Crippen molar-refractivity contribution in [3.05, 3.63) is 59.3 Å². The van der Waals surface area contributed by atoms with Gasteiger partial charge in [-0.05, 0) is 61.6 Å². The number of piperazine rings is 1. The third kappa shape index (κ3) is 4.88. The van der Waals surface area contributed by atoms with Gasteiger partial charge in [0.2, 0.25) is 0 Å². The van der Waals surface area contributed by atoms with Crippen molar-refractivity contribution in [3.8, 4) is 32.8 Å². The predicted molar refractivity (Wildman–Crippen MR) is 138 cm³/mol. The van der Waals surface area contributed by atoms with E-state index in [1.165, 1.54) is 16.7 Å². The van der Waals surface area contributed by atoms with Crippen molar-refractivity contribution < 1.29 is 9.53 Å². The third-order valence-electron chi connectivity index (χ3n) is 6.45. The first-order valence-corrected chi connectivity index (χ1v) is 12.9. The van der Waals surface area contributed by atoms with Crippen LogP contribution in [0.5, 0.6) is 5.75 Å². The lowest BCUT2D eigenvalue weighted by Gasteiger charge is -2.29. The zero-order valence-corrected chi connectivity index (χ0v) is 20.8. The maximum absolute atomic E-state index is 12.8. The molecule has 0 spiro atoms. The largest absolute Gasteiger partial charge is 0.490 e. The molecule has 1 aliphatic heterocycles. The molecule has 35 heavy (non-hydrogen) atoms. The molecule has 1 fully saturated rings. The number of carbonyl (C=O) groups excluding carboxylic acids is 1. The van der Waals surface area contributed by atoms with E-state index in [0.717, 1.165) is 54.5 Å². The number of rotatable bonds is 5. The lowest BCUT2D eigenvalue weighted by atomic mass is 10.0. The molecule has 7 nitrogen and oxygen atoms in total. The van der Waals surface area contributed by atoms with Crippen LogP contribution in [0.2, 0.25) is 0 Å². The number of ether oxygens (including phenoxy) is 1. The third-order valence-corrected chi connectivity index (χ3v) is 7.53. The van der Waals surface area contributed by atoms with E-state index in [2.05, 4.69) is 39.9 Å². The normalized spacial score (nSPS) is 17.2. The summed E-state index contributed by atoms with van der Waals surface area (Å²) in [5.74, 6) is 0.595. The molecule has 1 atom stereocenters. The zero-order chi connectivity index (χ0) is 24.4. The lowest BCUT2D eigenvalue weighted by molar-refractivity contribution is 0.186. The number of amides is 2. The van der Waals surface area contributed by atoms with Gasteiger partial charge in [-0.25, -0.2) is 9.78 Å². The molecule has 2 aliphatic rings. The number of fused-ring (bicyclic) bond motifs is 1. The number of hydrogen-bond donors (Lipinski definition) is 2. The molecule has 0 radical (unpaired) electrons. The van der Waals surface area contributed by atoms with Crippen molar-refractivity contribution in [2.75, 3.05) is 26.2 Å². The highest BCUT2D eigenvalue weighted by Crippen LogP contribution is 2.41. The summed E-state index contributed by atoms with van der Waals surface area (Å²) in [6.07, 6.45) is 3.74. The van der Waals surface area contributed by atoms with Crippen molar-refractivity contribution in [3.63, 3.8) is 0 Å². The molecule has 1 aliphatic carbocycles. The first-order valence-electron chi connectivity index (χ1n) is 12.1. The van der Waals surface area contributed by atoms with Crippen molar-refractivity contribution in [2.45, 2.75) is 38.8 Å². The van der Waals surface area contributed by atoms with Crippen LogP contribution < -0.4 is 15.4 Å². The number of aromatic nitrogens is 1. The molecule has 0 saturated carbocycles. The topological polar surface area (TPSA) is 90.3 Å². The van der Waals surface area contributed by atoms with Crippen LogP contribution >= 0.6 is 11.3 Å². The summed E-state index contributed by atoms with van der Waals surface area (Å²) >= 11 is 1.62. The molecule has 2 N–H and O–H groups in total. The van der Waals surface area contributed by atoms with Crippen molar-refractivity contribution in [1.82, 2.24) is 20.5 Å². The van der Waals surface area contributed by atoms with Gasteiger partial charge in [-0.3, -0.25) is 0 Å². The van der Waals surface area contributed by atoms with Crippen LogP contribution in [0.3, 0.4) is 0 Å². The maximum atomic E-state index is 12.8. The lowest BCUT2D eigenvalue weighted by Crippen LogP contribution is -2.50. The SMILES string of the molecule is CC(C)Oc1ccc(-c2ncc(-c3cccc4c3CC[C@H]4NC(=O)N3CCNCC3)s2)cc1C#N. The molecule has 1 aromatic heterocycles. The van der Waals surface area contributed by atoms with Crippen molar-refractivity contribution in [1.29, 1.82) is 5.26 Å². The van der Waals surface area contributed by atoms with E-state index in [1.54, 1.807) is 11.3 Å². The molecule has 5 rings (SSSR count). The average Bonchev–Trinajstić information content (AvgIpc) is 3.52. The van der Waals surface area contributed by atoms with Crippen molar-refractivity contribution in [2.24, 2.45) is 0 Å². The average molecular weight is 488 g/mol. The fraction of sp³-hybridized carbons (Fsp3) is 0.370. The fourth-order valence-electron chi connectivity index (χ4n) is 4.78. The number of nitriles is 1. The minimum absolute atomic E-state index is 0.00469. The van der Waals surface area contributed by atoms with E-state index in [4.69, 9.17) is 4.74 Å². The summed E-state index contributed by atoms with van der Waals surface area (Å²) in [4.78, 5) is 20.4. The molecule has 1 saturated heterocycles. The number of benzene rings is 2. The summed E-state index contributed by atoms with van der Waals surface area (Å²) in [5, 5.41) is 17.0. The van der Waals surface area contributed by atoms with Gasteiger partial charge in [0, 0.05) is 37.9 Å². The van der Waals surface area contributed by atoms with Crippen molar-refractivity contribution >= 4 is 17.4 Å². The summed E-state index contributed by atoms with van der Waals surface area (Å²) < 4.78 is 5.75. The van der Waals surface area contributed by atoms with Gasteiger partial charge in [-0.1, -0.05) is 18.2 Å². The van der Waals surface area contributed by atoms with Gasteiger partial charge in [0.15, 0.2) is 0 Å². The van der Waals surface area contributed by atoms with Crippen LogP contribution in [0.4, 0.5) is 4.79 Å². The first kappa shape index (κ1) is 23.3. The Morgan fingerprint density at radius 1 is 1.29 bits per heavy atom. The Bertz CT molecular complexity index is 1270. The molecule has 0 unspecified atom stereocenters. The summed E-state index contributed by atoms with van der Waals surface area (Å²) in [6, 6.07) is 14.3. The number of carbonyl (C=O) groups is 1. The Hall–Kier alpha value is -3.41. The summed E-state index contributed by atoms with van der Waals surface area (Å²) in [6.45, 7) is 7.06. The fourth-order valence-corrected chi connectivity index (χ4v) is 5.75. The quantitative estimate of drug-likeness (QED) is 0.543. The van der Waals surface area contributed by atoms with E-state index in [1.807, 2.05) is 43.1 Å². The minimum Gasteiger partial charge on any atom is -0.490 e. The molecule has 0 bridgehead atoms. The summed E-state index contributed by atoms with van der Waals surface area (Å²) in [5.41, 5.74) is 5.07.